The molecule has 0 bridgehead atoms. The quantitative estimate of drug-likeness (QED) is 0.504. The zero-order valence-electron chi connectivity index (χ0n) is 14.3. The predicted molar refractivity (Wildman–Crippen MR) is 87.5 cm³/mol. The number of ketones is 1. The van der Waals surface area contributed by atoms with Crippen LogP contribution in [0, 0.1) is 11.3 Å². The van der Waals surface area contributed by atoms with E-state index >= 15 is 0 Å². The summed E-state index contributed by atoms with van der Waals surface area (Å²) in [7, 11) is 0. The molecule has 2 aromatic rings. The third kappa shape index (κ3) is 5.96. The Morgan fingerprint density at radius 3 is 2.50 bits per heavy atom. The number of aromatic carboxylic acids is 1. The highest BCUT2D eigenvalue weighted by Crippen LogP contribution is 2.27. The fourth-order valence-electron chi connectivity index (χ4n) is 1.96. The van der Waals surface area contributed by atoms with Gasteiger partial charge in [-0.1, -0.05) is 0 Å². The summed E-state index contributed by atoms with van der Waals surface area (Å²) < 4.78 is 39.1. The van der Waals surface area contributed by atoms with Crippen molar-refractivity contribution in [2.24, 2.45) is 0 Å². The number of ether oxygens (including phenoxy) is 3. The number of hydrogen-bond donors (Lipinski definition) is 1. The number of Topliss-reactive ketones (excluding diaryl/α,β-unsaturated/α-hetero) is 1. The Bertz CT molecular complexity index is 899. The first-order valence-electron chi connectivity index (χ1n) is 7.67. The number of nitriles is 1. The number of carbonyl (C=O) groups excluding carboxylic acids is 1. The molecule has 1 N–H and O–H groups in total. The molecule has 0 unspecified atom stereocenters. The molecule has 146 valence electrons. The van der Waals surface area contributed by atoms with Crippen molar-refractivity contribution in [3.63, 3.8) is 0 Å². The van der Waals surface area contributed by atoms with E-state index in [-0.39, 0.29) is 28.6 Å². The average Bonchev–Trinajstić information content (AvgIpc) is 2.66. The first-order chi connectivity index (χ1) is 13.3. The van der Waals surface area contributed by atoms with Crippen LogP contribution < -0.4 is 9.47 Å². The van der Waals surface area contributed by atoms with Gasteiger partial charge in [-0.05, 0) is 19.1 Å². The Morgan fingerprint density at radius 2 is 1.93 bits per heavy atom. The molecule has 1 atom stereocenters. The van der Waals surface area contributed by atoms with Crippen molar-refractivity contribution in [3.8, 4) is 23.4 Å². The van der Waals surface area contributed by atoms with Gasteiger partial charge in [-0.3, -0.25) is 4.79 Å². The predicted octanol–water partition coefficient (Wildman–Crippen LogP) is 2.68. The molecular weight excluding hydrogens is 380 g/mol. The molecule has 0 saturated carbocycles. The molecule has 9 nitrogen and oxygen atoms in total. The van der Waals surface area contributed by atoms with E-state index in [1.807, 2.05) is 0 Å². The van der Waals surface area contributed by atoms with Crippen LogP contribution in [0.4, 0.5) is 8.78 Å². The molecule has 1 aromatic heterocycles. The molecular formula is C17H13F2N3O6. The lowest BCUT2D eigenvalue weighted by molar-refractivity contribution is -0.142. The lowest BCUT2D eigenvalue weighted by Crippen LogP contribution is -2.21. The van der Waals surface area contributed by atoms with Gasteiger partial charge in [0.25, 0.3) is 5.78 Å². The fraction of sp³-hybridized carbons (Fsp3) is 0.235. The first kappa shape index (κ1) is 20.7. The molecule has 0 fully saturated rings. The molecule has 0 amide bonds. The third-order valence-corrected chi connectivity index (χ3v) is 3.11. The summed E-state index contributed by atoms with van der Waals surface area (Å²) in [5, 5.41) is 17.7. The molecule has 0 aliphatic carbocycles. The number of carbonyl (C=O) groups is 2. The molecule has 28 heavy (non-hydrogen) atoms. The van der Waals surface area contributed by atoms with Crippen LogP contribution in [0.25, 0.3) is 0 Å². The number of nitrogens with zero attached hydrogens (tertiary/aromatic N) is 3. The molecule has 0 saturated heterocycles. The Hall–Kier alpha value is -3.65. The van der Waals surface area contributed by atoms with Crippen molar-refractivity contribution in [2.45, 2.75) is 19.6 Å². The largest absolute Gasteiger partial charge is 0.488 e. The second kappa shape index (κ2) is 9.33. The Labute approximate surface area is 157 Å². The summed E-state index contributed by atoms with van der Waals surface area (Å²) in [5.41, 5.74) is -0.357. The molecule has 0 radical (unpaired) electrons. The smallest absolute Gasteiger partial charge is 0.345 e. The van der Waals surface area contributed by atoms with Crippen LogP contribution in [0.15, 0.2) is 30.6 Å². The Balaban J connectivity index is 2.19. The zero-order chi connectivity index (χ0) is 20.7. The molecule has 1 aromatic carbocycles. The first-order valence-corrected chi connectivity index (χ1v) is 7.67. The number of alkyl halides is 2. The van der Waals surface area contributed by atoms with Crippen molar-refractivity contribution in [3.05, 3.63) is 41.9 Å². The number of benzene rings is 1. The Kier molecular flexibility index (Phi) is 6.89. The van der Waals surface area contributed by atoms with E-state index < -0.39 is 31.1 Å². The van der Waals surface area contributed by atoms with Crippen molar-refractivity contribution >= 4 is 11.8 Å². The molecule has 0 spiro atoms. The van der Waals surface area contributed by atoms with E-state index in [1.165, 1.54) is 31.2 Å². The summed E-state index contributed by atoms with van der Waals surface area (Å²) in [6.07, 6.45) is 1.32. The Morgan fingerprint density at radius 1 is 1.21 bits per heavy atom. The second-order valence-electron chi connectivity index (χ2n) is 5.30. The second-order valence-corrected chi connectivity index (χ2v) is 5.30. The van der Waals surface area contributed by atoms with Crippen LogP contribution in [0.5, 0.6) is 17.4 Å². The van der Waals surface area contributed by atoms with Gasteiger partial charge in [-0.25, -0.2) is 14.8 Å². The minimum atomic E-state index is -2.95. The van der Waals surface area contributed by atoms with Crippen LogP contribution >= 0.6 is 0 Å². The van der Waals surface area contributed by atoms with Gasteiger partial charge in [0.15, 0.2) is 0 Å². The summed E-state index contributed by atoms with van der Waals surface area (Å²) in [6.45, 7) is -1.90. The van der Waals surface area contributed by atoms with Gasteiger partial charge in [-0.15, -0.1) is 0 Å². The molecule has 1 heterocycles. The van der Waals surface area contributed by atoms with Gasteiger partial charge in [-0.2, -0.15) is 14.0 Å². The maximum Gasteiger partial charge on any atom is 0.345 e. The highest BCUT2D eigenvalue weighted by atomic mass is 19.3. The molecule has 0 aliphatic heterocycles. The number of hydrogen-bond acceptors (Lipinski definition) is 8. The minimum absolute atomic E-state index is 0.0190. The fourth-order valence-corrected chi connectivity index (χ4v) is 1.96. The third-order valence-electron chi connectivity index (χ3n) is 3.11. The maximum absolute atomic E-state index is 12.1. The summed E-state index contributed by atoms with van der Waals surface area (Å²) >= 11 is 0. The van der Waals surface area contributed by atoms with E-state index in [2.05, 4.69) is 14.7 Å². The maximum atomic E-state index is 12.1. The van der Waals surface area contributed by atoms with Crippen LogP contribution in [0.3, 0.4) is 0 Å². The van der Waals surface area contributed by atoms with Gasteiger partial charge in [0.05, 0.1) is 24.6 Å². The number of aromatic nitrogens is 2. The lowest BCUT2D eigenvalue weighted by atomic mass is 10.2. The van der Waals surface area contributed by atoms with Crippen molar-refractivity contribution in [1.82, 2.24) is 9.97 Å². The topological polar surface area (TPSA) is 132 Å². The van der Waals surface area contributed by atoms with E-state index in [1.54, 1.807) is 0 Å². The van der Waals surface area contributed by atoms with Crippen molar-refractivity contribution in [1.29, 1.82) is 5.26 Å². The van der Waals surface area contributed by atoms with Gasteiger partial charge in [0.1, 0.15) is 29.4 Å². The van der Waals surface area contributed by atoms with Crippen LogP contribution in [-0.2, 0) is 4.74 Å². The van der Waals surface area contributed by atoms with Crippen molar-refractivity contribution < 1.29 is 37.7 Å². The molecule has 11 heteroatoms. The highest BCUT2D eigenvalue weighted by Gasteiger charge is 2.14. The lowest BCUT2D eigenvalue weighted by Gasteiger charge is -2.16. The molecule has 0 aliphatic rings. The number of rotatable bonds is 9. The standard InChI is InChI=1S/C17H13F2N3O6/c1-9(8-26-17(18)19)27-11-2-10(16(24)25)3-12(4-11)28-15-7-21-13(6-22-15)14(23)5-20/h2-4,6-7,9,17H,8H2,1H3,(H,24,25)/t9-/m0/s1. The van der Waals surface area contributed by atoms with Crippen molar-refractivity contribution in [2.75, 3.05) is 6.61 Å². The number of halogens is 2. The average molecular weight is 393 g/mol. The molecule has 2 rings (SSSR count). The zero-order valence-corrected chi connectivity index (χ0v) is 14.3. The van der Waals surface area contributed by atoms with Gasteiger partial charge in [0, 0.05) is 6.07 Å². The van der Waals surface area contributed by atoms with E-state index in [9.17, 15) is 23.5 Å². The van der Waals surface area contributed by atoms with Gasteiger partial charge in [0.2, 0.25) is 5.88 Å². The van der Waals surface area contributed by atoms with Gasteiger partial charge < -0.3 is 19.3 Å². The monoisotopic (exact) mass is 393 g/mol. The summed E-state index contributed by atoms with van der Waals surface area (Å²) in [6, 6.07) is 5.09. The number of carboxylic acid groups (broad SMARTS) is 1. The van der Waals surface area contributed by atoms with Crippen LogP contribution in [0.2, 0.25) is 0 Å². The van der Waals surface area contributed by atoms with E-state index in [4.69, 9.17) is 14.7 Å². The normalized spacial score (nSPS) is 11.5. The van der Waals surface area contributed by atoms with Crippen LogP contribution in [0.1, 0.15) is 27.8 Å². The van der Waals surface area contributed by atoms with E-state index in [0.717, 1.165) is 12.4 Å². The van der Waals surface area contributed by atoms with Gasteiger partial charge >= 0.3 is 12.6 Å². The number of carboxylic acids is 1. The van der Waals surface area contributed by atoms with E-state index in [0.29, 0.717) is 0 Å². The highest BCUT2D eigenvalue weighted by molar-refractivity contribution is 6.05. The SMILES string of the molecule is C[C@@H](COC(F)F)Oc1cc(Oc2cnc(C(=O)C#N)cn2)cc(C(=O)O)c1. The van der Waals surface area contributed by atoms with Crippen LogP contribution in [-0.4, -0.2) is 46.1 Å². The summed E-state index contributed by atoms with van der Waals surface area (Å²) in [4.78, 5) is 30.0. The summed E-state index contributed by atoms with van der Waals surface area (Å²) in [5.74, 6) is -2.15. The minimum Gasteiger partial charge on any atom is -0.488 e.